The lowest BCUT2D eigenvalue weighted by Crippen LogP contribution is -2.29. The smallest absolute Gasteiger partial charge is 0.273 e. The lowest BCUT2D eigenvalue weighted by Gasteiger charge is -2.25. The molecule has 7 nitrogen and oxygen atoms in total. The Hall–Kier alpha value is -2.88. The molecule has 0 bridgehead atoms. The molecule has 3 aromatic rings. The third-order valence-electron chi connectivity index (χ3n) is 4.52. The molecular weight excluding hydrogens is 388 g/mol. The zero-order valence-corrected chi connectivity index (χ0v) is 15.6. The Kier molecular flexibility index (Phi) is 5.03. The van der Waals surface area contributed by atoms with Gasteiger partial charge in [0.15, 0.2) is 22.4 Å². The summed E-state index contributed by atoms with van der Waals surface area (Å²) >= 11 is 1.28. The Morgan fingerprint density at radius 3 is 2.71 bits per heavy atom. The molecule has 1 N–H and O–H groups in total. The third-order valence-corrected chi connectivity index (χ3v) is 5.61. The van der Waals surface area contributed by atoms with E-state index >= 15 is 0 Å². The van der Waals surface area contributed by atoms with Gasteiger partial charge in [0.1, 0.15) is 17.6 Å². The zero-order valence-electron chi connectivity index (χ0n) is 14.8. The minimum atomic E-state index is -1.06. The van der Waals surface area contributed by atoms with Crippen LogP contribution in [0.4, 0.5) is 19.6 Å². The molecule has 1 aliphatic rings. The van der Waals surface area contributed by atoms with Gasteiger partial charge in [-0.15, -0.1) is 0 Å². The van der Waals surface area contributed by atoms with E-state index in [9.17, 15) is 18.4 Å². The number of amides is 1. The number of benzene rings is 1. The van der Waals surface area contributed by atoms with Gasteiger partial charge in [-0.3, -0.25) is 14.2 Å². The second-order valence-electron chi connectivity index (χ2n) is 6.55. The summed E-state index contributed by atoms with van der Waals surface area (Å²) in [6, 6.07) is 3.05. The maximum atomic E-state index is 13.2. The maximum absolute atomic E-state index is 13.2. The Morgan fingerprint density at radius 1 is 1.18 bits per heavy atom. The monoisotopic (exact) mass is 405 g/mol. The molecule has 2 aromatic heterocycles. The second-order valence-corrected chi connectivity index (χ2v) is 7.53. The molecule has 28 heavy (non-hydrogen) atoms. The summed E-state index contributed by atoms with van der Waals surface area (Å²) in [6.45, 7) is 1.52. The molecule has 1 saturated heterocycles. The minimum Gasteiger partial charge on any atom is -0.348 e. The van der Waals surface area contributed by atoms with Gasteiger partial charge in [0, 0.05) is 24.8 Å². The third kappa shape index (κ3) is 3.72. The Balaban J connectivity index is 1.53. The molecule has 1 aromatic carbocycles. The first-order valence-corrected chi connectivity index (χ1v) is 9.69. The van der Waals surface area contributed by atoms with Crippen molar-refractivity contribution in [1.29, 1.82) is 0 Å². The number of hydrogen-bond donors (Lipinski definition) is 1. The first-order chi connectivity index (χ1) is 13.5. The van der Waals surface area contributed by atoms with Crippen molar-refractivity contribution < 1.29 is 13.6 Å². The van der Waals surface area contributed by atoms with Crippen molar-refractivity contribution in [2.45, 2.75) is 25.8 Å². The fourth-order valence-electron chi connectivity index (χ4n) is 3.10. The van der Waals surface area contributed by atoms with E-state index in [2.05, 4.69) is 20.2 Å². The predicted octanol–water partition coefficient (Wildman–Crippen LogP) is 2.76. The van der Waals surface area contributed by atoms with E-state index in [0.717, 1.165) is 43.2 Å². The zero-order chi connectivity index (χ0) is 19.7. The molecule has 0 radical (unpaired) electrons. The van der Waals surface area contributed by atoms with Crippen LogP contribution in [0.25, 0.3) is 10.3 Å². The molecule has 10 heteroatoms. The van der Waals surface area contributed by atoms with Crippen LogP contribution in [0, 0.1) is 11.6 Å². The quantitative estimate of drug-likeness (QED) is 0.722. The first-order valence-electron chi connectivity index (χ1n) is 8.87. The minimum absolute atomic E-state index is 0.108. The van der Waals surface area contributed by atoms with Crippen molar-refractivity contribution in [3.8, 4) is 0 Å². The normalized spacial score (nSPS) is 14.4. The van der Waals surface area contributed by atoms with Gasteiger partial charge in [-0.25, -0.2) is 13.8 Å². The van der Waals surface area contributed by atoms with E-state index in [1.54, 1.807) is 0 Å². The lowest BCUT2D eigenvalue weighted by atomic mass is 10.1. The number of carbonyl (C=O) groups excluding carboxylic acids is 1. The summed E-state index contributed by atoms with van der Waals surface area (Å²) in [7, 11) is 0. The standard InChI is InChI=1S/C18H17F2N5O2S/c19-12-5-4-11(8-13(12)20)22-14(26)9-25-10-21-16-15(17(25)27)28-18(23-16)24-6-2-1-3-7-24/h4-5,8,10H,1-3,6-7,9H2,(H,22,26). The molecule has 1 aliphatic heterocycles. The molecular formula is C18H17F2N5O2S. The van der Waals surface area contributed by atoms with Crippen LogP contribution in [-0.2, 0) is 11.3 Å². The maximum Gasteiger partial charge on any atom is 0.273 e. The number of nitrogens with one attached hydrogen (secondary N) is 1. The fraction of sp³-hybridized carbons (Fsp3) is 0.333. The van der Waals surface area contributed by atoms with Crippen molar-refractivity contribution in [3.05, 3.63) is 46.5 Å². The summed E-state index contributed by atoms with van der Waals surface area (Å²) in [6.07, 6.45) is 4.66. The largest absolute Gasteiger partial charge is 0.348 e. The molecule has 0 spiro atoms. The van der Waals surface area contributed by atoms with Gasteiger partial charge in [-0.2, -0.15) is 4.98 Å². The predicted molar refractivity (Wildman–Crippen MR) is 103 cm³/mol. The molecule has 0 atom stereocenters. The average molecular weight is 405 g/mol. The SMILES string of the molecule is O=C(Cn1cnc2nc(N3CCCCC3)sc2c1=O)Nc1ccc(F)c(F)c1. The van der Waals surface area contributed by atoms with E-state index in [1.807, 2.05) is 0 Å². The highest BCUT2D eigenvalue weighted by Gasteiger charge is 2.18. The molecule has 4 rings (SSSR count). The van der Waals surface area contributed by atoms with Crippen LogP contribution in [0.3, 0.4) is 0 Å². The van der Waals surface area contributed by atoms with Crippen molar-refractivity contribution in [2.24, 2.45) is 0 Å². The van der Waals surface area contributed by atoms with Crippen LogP contribution in [0.2, 0.25) is 0 Å². The van der Waals surface area contributed by atoms with E-state index in [4.69, 9.17) is 0 Å². The topological polar surface area (TPSA) is 80.1 Å². The van der Waals surface area contributed by atoms with Crippen molar-refractivity contribution in [1.82, 2.24) is 14.5 Å². The number of rotatable bonds is 4. The molecule has 146 valence electrons. The number of anilines is 2. The van der Waals surface area contributed by atoms with Crippen molar-refractivity contribution >= 4 is 38.4 Å². The fourth-order valence-corrected chi connectivity index (χ4v) is 4.12. The van der Waals surface area contributed by atoms with Gasteiger partial charge in [0.05, 0.1) is 0 Å². The van der Waals surface area contributed by atoms with Crippen LogP contribution in [-0.4, -0.2) is 33.5 Å². The molecule has 1 fully saturated rings. The number of fused-ring (bicyclic) bond motifs is 1. The van der Waals surface area contributed by atoms with Crippen LogP contribution < -0.4 is 15.8 Å². The number of aromatic nitrogens is 3. The average Bonchev–Trinajstić information content (AvgIpc) is 3.13. The Bertz CT molecular complexity index is 1090. The summed E-state index contributed by atoms with van der Waals surface area (Å²) in [5.41, 5.74) is 0.121. The molecule has 0 unspecified atom stereocenters. The van der Waals surface area contributed by atoms with Crippen LogP contribution in [0.5, 0.6) is 0 Å². The van der Waals surface area contributed by atoms with Gasteiger partial charge < -0.3 is 10.2 Å². The highest BCUT2D eigenvalue weighted by molar-refractivity contribution is 7.22. The molecule has 3 heterocycles. The van der Waals surface area contributed by atoms with Crippen molar-refractivity contribution in [3.63, 3.8) is 0 Å². The highest BCUT2D eigenvalue weighted by atomic mass is 32.1. The van der Waals surface area contributed by atoms with Gasteiger partial charge in [0.25, 0.3) is 5.56 Å². The number of piperidine rings is 1. The van der Waals surface area contributed by atoms with Crippen LogP contribution in [0.15, 0.2) is 29.3 Å². The number of carbonyl (C=O) groups is 1. The van der Waals surface area contributed by atoms with E-state index in [-0.39, 0.29) is 17.8 Å². The summed E-state index contributed by atoms with van der Waals surface area (Å²) in [5, 5.41) is 3.20. The summed E-state index contributed by atoms with van der Waals surface area (Å²) < 4.78 is 27.8. The van der Waals surface area contributed by atoms with Crippen molar-refractivity contribution in [2.75, 3.05) is 23.3 Å². The Labute approximate surface area is 162 Å². The van der Waals surface area contributed by atoms with Gasteiger partial charge >= 0.3 is 0 Å². The van der Waals surface area contributed by atoms with Gasteiger partial charge in [0.2, 0.25) is 5.91 Å². The number of thiazole rings is 1. The number of nitrogens with zero attached hydrogens (tertiary/aromatic N) is 4. The molecule has 1 amide bonds. The lowest BCUT2D eigenvalue weighted by molar-refractivity contribution is -0.116. The van der Waals surface area contributed by atoms with Crippen LogP contribution >= 0.6 is 11.3 Å². The highest BCUT2D eigenvalue weighted by Crippen LogP contribution is 2.27. The molecule has 0 aliphatic carbocycles. The van der Waals surface area contributed by atoms with E-state index in [0.29, 0.717) is 10.3 Å². The second kappa shape index (κ2) is 7.63. The number of hydrogen-bond acceptors (Lipinski definition) is 6. The number of halogens is 2. The summed E-state index contributed by atoms with van der Waals surface area (Å²) in [5.74, 6) is -2.61. The van der Waals surface area contributed by atoms with E-state index < -0.39 is 17.5 Å². The molecule has 0 saturated carbocycles. The summed E-state index contributed by atoms with van der Waals surface area (Å²) in [4.78, 5) is 35.7. The first kappa shape index (κ1) is 18.5. The van der Waals surface area contributed by atoms with E-state index in [1.165, 1.54) is 34.7 Å². The van der Waals surface area contributed by atoms with Gasteiger partial charge in [-0.1, -0.05) is 11.3 Å². The van der Waals surface area contributed by atoms with Crippen LogP contribution in [0.1, 0.15) is 19.3 Å². The van der Waals surface area contributed by atoms with Gasteiger partial charge in [-0.05, 0) is 31.4 Å². The Morgan fingerprint density at radius 2 is 1.96 bits per heavy atom.